The average Bonchev–Trinajstić information content (AvgIpc) is 2.68. The summed E-state index contributed by atoms with van der Waals surface area (Å²) in [7, 11) is 0. The van der Waals surface area contributed by atoms with Crippen molar-refractivity contribution in [1.82, 2.24) is 0 Å². The topological polar surface area (TPSA) is 72.8 Å². The van der Waals surface area contributed by atoms with Crippen LogP contribution >= 0.6 is 0 Å². The van der Waals surface area contributed by atoms with E-state index in [4.69, 9.17) is 9.47 Å². The van der Waals surface area contributed by atoms with E-state index in [2.05, 4.69) is 0 Å². The fourth-order valence-electron chi connectivity index (χ4n) is 5.16. The molecule has 0 spiro atoms. The molecule has 0 aromatic carbocycles. The highest BCUT2D eigenvalue weighted by molar-refractivity contribution is 5.91. The van der Waals surface area contributed by atoms with Crippen LogP contribution in [0, 0.1) is 17.3 Å². The monoisotopic (exact) mass is 368 g/mol. The molecule has 0 amide bonds. The van der Waals surface area contributed by atoms with Crippen molar-refractivity contribution < 1.29 is 24.2 Å². The van der Waals surface area contributed by atoms with Crippen LogP contribution in [0.25, 0.3) is 0 Å². The normalized spacial score (nSPS) is 24.3. The number of carbonyl (C=O) groups excluding carboxylic acids is 2. The highest BCUT2D eigenvalue weighted by Gasteiger charge is 2.65. The highest BCUT2D eigenvalue weighted by atomic mass is 16.6. The highest BCUT2D eigenvalue weighted by Crippen LogP contribution is 2.52. The molecule has 1 N–H and O–H groups in total. The van der Waals surface area contributed by atoms with Gasteiger partial charge in [0.2, 0.25) is 0 Å². The molecule has 5 heteroatoms. The van der Waals surface area contributed by atoms with Gasteiger partial charge in [-0.15, -0.1) is 0 Å². The zero-order valence-corrected chi connectivity index (χ0v) is 16.7. The van der Waals surface area contributed by atoms with Gasteiger partial charge in [0, 0.05) is 0 Å². The third-order valence-corrected chi connectivity index (χ3v) is 6.70. The van der Waals surface area contributed by atoms with Crippen LogP contribution in [0.1, 0.15) is 85.0 Å². The van der Waals surface area contributed by atoms with E-state index < -0.39 is 23.0 Å². The first-order chi connectivity index (χ1) is 12.4. The number of hydrogen-bond acceptors (Lipinski definition) is 5. The van der Waals surface area contributed by atoms with E-state index in [1.165, 1.54) is 0 Å². The molecule has 0 aliphatic heterocycles. The molecular weight excluding hydrogens is 332 g/mol. The number of carbonyl (C=O) groups is 2. The second kappa shape index (κ2) is 9.20. The predicted octanol–water partition coefficient (Wildman–Crippen LogP) is 4.01. The Labute approximate surface area is 157 Å². The maximum atomic E-state index is 13.2. The fourth-order valence-corrected chi connectivity index (χ4v) is 5.16. The molecular formula is C21H36O5. The lowest BCUT2D eigenvalue weighted by atomic mass is 9.55. The quantitative estimate of drug-likeness (QED) is 0.687. The van der Waals surface area contributed by atoms with Gasteiger partial charge in [0.15, 0.2) is 5.60 Å². The number of hydrogen-bond donors (Lipinski definition) is 1. The minimum absolute atomic E-state index is 0.0633. The molecule has 2 atom stereocenters. The van der Waals surface area contributed by atoms with Crippen molar-refractivity contribution in [3.63, 3.8) is 0 Å². The van der Waals surface area contributed by atoms with Gasteiger partial charge in [-0.05, 0) is 58.3 Å². The van der Waals surface area contributed by atoms with Crippen molar-refractivity contribution in [2.75, 3.05) is 13.2 Å². The summed E-state index contributed by atoms with van der Waals surface area (Å²) in [5, 5.41) is 11.9. The minimum Gasteiger partial charge on any atom is -0.465 e. The average molecular weight is 369 g/mol. The SMILES string of the molecule is CCOC(=O)C(C)(C1CCCCC1)C(O)(C(=O)OCC)C1CCCCC1. The van der Waals surface area contributed by atoms with Crippen LogP contribution in [0.5, 0.6) is 0 Å². The first-order valence-corrected chi connectivity index (χ1v) is 10.5. The molecule has 26 heavy (non-hydrogen) atoms. The Balaban J connectivity index is 2.51. The third kappa shape index (κ3) is 3.78. The number of esters is 2. The van der Waals surface area contributed by atoms with Crippen LogP contribution in [-0.2, 0) is 19.1 Å². The van der Waals surface area contributed by atoms with Crippen molar-refractivity contribution >= 4 is 11.9 Å². The van der Waals surface area contributed by atoms with E-state index >= 15 is 0 Å². The van der Waals surface area contributed by atoms with Crippen LogP contribution in [-0.4, -0.2) is 35.9 Å². The third-order valence-electron chi connectivity index (χ3n) is 6.70. The van der Waals surface area contributed by atoms with Crippen LogP contribution in [0.4, 0.5) is 0 Å². The lowest BCUT2D eigenvalue weighted by Crippen LogP contribution is -2.65. The predicted molar refractivity (Wildman–Crippen MR) is 99.5 cm³/mol. The zero-order chi connectivity index (χ0) is 19.2. The summed E-state index contributed by atoms with van der Waals surface area (Å²) in [6, 6.07) is 0. The minimum atomic E-state index is -1.82. The van der Waals surface area contributed by atoms with E-state index in [-0.39, 0.29) is 25.0 Å². The van der Waals surface area contributed by atoms with Crippen LogP contribution in [0.15, 0.2) is 0 Å². The Morgan fingerprint density at radius 2 is 1.23 bits per heavy atom. The van der Waals surface area contributed by atoms with Gasteiger partial charge < -0.3 is 14.6 Å². The molecule has 0 heterocycles. The van der Waals surface area contributed by atoms with Crippen molar-refractivity contribution in [3.8, 4) is 0 Å². The fraction of sp³-hybridized carbons (Fsp3) is 0.905. The lowest BCUT2D eigenvalue weighted by Gasteiger charge is -2.50. The summed E-state index contributed by atoms with van der Waals surface area (Å²) in [5.74, 6) is -1.42. The van der Waals surface area contributed by atoms with E-state index in [0.29, 0.717) is 0 Å². The molecule has 0 radical (unpaired) electrons. The maximum Gasteiger partial charge on any atom is 0.339 e. The van der Waals surface area contributed by atoms with Gasteiger partial charge >= 0.3 is 11.9 Å². The summed E-state index contributed by atoms with van der Waals surface area (Å²) in [6.45, 7) is 5.69. The molecule has 2 aliphatic rings. The Bertz CT molecular complexity index is 435. The molecule has 0 aromatic heterocycles. The first-order valence-electron chi connectivity index (χ1n) is 10.5. The number of rotatable bonds is 7. The molecule has 2 aliphatic carbocycles. The standard InChI is InChI=1S/C21H36O5/c1-4-25-18(22)20(3,16-12-8-6-9-13-16)21(24,19(23)26-5-2)17-14-10-7-11-15-17/h16-17,24H,4-15H2,1-3H3. The molecule has 0 saturated heterocycles. The number of ether oxygens (including phenoxy) is 2. The van der Waals surface area contributed by atoms with E-state index in [0.717, 1.165) is 64.2 Å². The Kier molecular flexibility index (Phi) is 7.51. The molecule has 2 unspecified atom stereocenters. The van der Waals surface area contributed by atoms with Gasteiger partial charge in [-0.25, -0.2) is 4.79 Å². The summed E-state index contributed by atoms with van der Waals surface area (Å²) < 4.78 is 10.7. The molecule has 0 aromatic rings. The summed E-state index contributed by atoms with van der Waals surface area (Å²) in [6.07, 6.45) is 9.38. The van der Waals surface area contributed by atoms with Gasteiger partial charge in [-0.2, -0.15) is 0 Å². The summed E-state index contributed by atoms with van der Waals surface area (Å²) in [5.41, 5.74) is -3.09. The second-order valence-corrected chi connectivity index (χ2v) is 8.08. The van der Waals surface area contributed by atoms with Crippen molar-refractivity contribution in [2.45, 2.75) is 90.6 Å². The largest absolute Gasteiger partial charge is 0.465 e. The van der Waals surface area contributed by atoms with Gasteiger partial charge in [-0.3, -0.25) is 4.79 Å². The lowest BCUT2D eigenvalue weighted by molar-refractivity contribution is -0.216. The van der Waals surface area contributed by atoms with Gasteiger partial charge in [0.05, 0.1) is 13.2 Å². The summed E-state index contributed by atoms with van der Waals surface area (Å²) in [4.78, 5) is 26.3. The van der Waals surface area contributed by atoms with Crippen LogP contribution in [0.2, 0.25) is 0 Å². The van der Waals surface area contributed by atoms with Gasteiger partial charge in [0.25, 0.3) is 0 Å². The Morgan fingerprint density at radius 1 is 0.808 bits per heavy atom. The molecule has 2 fully saturated rings. The Hall–Kier alpha value is -1.10. The van der Waals surface area contributed by atoms with Gasteiger partial charge in [-0.1, -0.05) is 38.5 Å². The second-order valence-electron chi connectivity index (χ2n) is 8.08. The molecule has 2 saturated carbocycles. The molecule has 5 nitrogen and oxygen atoms in total. The summed E-state index contributed by atoms with van der Waals surface area (Å²) >= 11 is 0. The first kappa shape index (κ1) is 21.2. The van der Waals surface area contributed by atoms with E-state index in [1.807, 2.05) is 0 Å². The number of aliphatic hydroxyl groups is 1. The van der Waals surface area contributed by atoms with Crippen molar-refractivity contribution in [1.29, 1.82) is 0 Å². The zero-order valence-electron chi connectivity index (χ0n) is 16.7. The van der Waals surface area contributed by atoms with Gasteiger partial charge in [0.1, 0.15) is 5.41 Å². The van der Waals surface area contributed by atoms with E-state index in [1.54, 1.807) is 20.8 Å². The molecule has 0 bridgehead atoms. The van der Waals surface area contributed by atoms with Crippen LogP contribution in [0.3, 0.4) is 0 Å². The smallest absolute Gasteiger partial charge is 0.339 e. The van der Waals surface area contributed by atoms with E-state index in [9.17, 15) is 14.7 Å². The maximum absolute atomic E-state index is 13.2. The van der Waals surface area contributed by atoms with Crippen molar-refractivity contribution in [2.24, 2.45) is 17.3 Å². The molecule has 2 rings (SSSR count). The van der Waals surface area contributed by atoms with Crippen LogP contribution < -0.4 is 0 Å². The van der Waals surface area contributed by atoms with Crippen molar-refractivity contribution in [3.05, 3.63) is 0 Å². The Morgan fingerprint density at radius 3 is 1.69 bits per heavy atom. The molecule has 150 valence electrons.